The molecule has 0 bridgehead atoms. The molecular weight excluding hydrogens is 254 g/mol. The molecule has 20 heavy (non-hydrogen) atoms. The zero-order valence-corrected chi connectivity index (χ0v) is 11.7. The summed E-state index contributed by atoms with van der Waals surface area (Å²) in [6.07, 6.45) is 0.914. The van der Waals surface area contributed by atoms with E-state index < -0.39 is 0 Å². The van der Waals surface area contributed by atoms with E-state index in [9.17, 15) is 9.59 Å². The lowest BCUT2D eigenvalue weighted by molar-refractivity contribution is -0.126. The number of rotatable bonds is 6. The Labute approximate surface area is 119 Å². The van der Waals surface area contributed by atoms with Crippen molar-refractivity contribution in [2.45, 2.75) is 19.9 Å². The smallest absolute Gasteiger partial charge is 0.251 e. The van der Waals surface area contributed by atoms with Crippen LogP contribution in [-0.4, -0.2) is 31.4 Å². The molecule has 0 spiro atoms. The summed E-state index contributed by atoms with van der Waals surface area (Å²) in [6, 6.07) is 7.36. The molecule has 1 saturated heterocycles. The Morgan fingerprint density at radius 2 is 2.10 bits per heavy atom. The lowest BCUT2D eigenvalue weighted by Crippen LogP contribution is -2.50. The average Bonchev–Trinajstić information content (AvgIpc) is 2.41. The van der Waals surface area contributed by atoms with Crippen molar-refractivity contribution >= 4 is 11.8 Å². The van der Waals surface area contributed by atoms with Crippen LogP contribution in [0.3, 0.4) is 0 Å². The highest BCUT2D eigenvalue weighted by atomic mass is 16.2. The SMILES string of the molecule is CCCNC(=O)c1cccc(CNC(=O)C2CNC2)c1. The highest BCUT2D eigenvalue weighted by molar-refractivity contribution is 5.94. The standard InChI is InChI=1S/C15H21N3O2/c1-2-6-17-14(19)12-5-3-4-11(7-12)8-18-15(20)13-9-16-10-13/h3-5,7,13,16H,2,6,8-10H2,1H3,(H,17,19)(H,18,20). The lowest BCUT2D eigenvalue weighted by Gasteiger charge is -2.25. The molecule has 0 saturated carbocycles. The first-order valence-corrected chi connectivity index (χ1v) is 7.06. The van der Waals surface area contributed by atoms with Gasteiger partial charge in [-0.1, -0.05) is 19.1 Å². The van der Waals surface area contributed by atoms with Crippen LogP contribution in [0.2, 0.25) is 0 Å². The van der Waals surface area contributed by atoms with E-state index in [0.717, 1.165) is 25.1 Å². The van der Waals surface area contributed by atoms with Crippen molar-refractivity contribution in [2.24, 2.45) is 5.92 Å². The van der Waals surface area contributed by atoms with Crippen LogP contribution in [0.1, 0.15) is 29.3 Å². The fourth-order valence-electron chi connectivity index (χ4n) is 1.97. The highest BCUT2D eigenvalue weighted by Crippen LogP contribution is 2.07. The van der Waals surface area contributed by atoms with E-state index in [1.54, 1.807) is 6.07 Å². The van der Waals surface area contributed by atoms with Gasteiger partial charge in [-0.2, -0.15) is 0 Å². The maximum Gasteiger partial charge on any atom is 0.251 e. The molecule has 5 heteroatoms. The Morgan fingerprint density at radius 3 is 2.75 bits per heavy atom. The Hall–Kier alpha value is -1.88. The van der Waals surface area contributed by atoms with Crippen molar-refractivity contribution in [1.82, 2.24) is 16.0 Å². The van der Waals surface area contributed by atoms with Crippen LogP contribution in [0.4, 0.5) is 0 Å². The van der Waals surface area contributed by atoms with Gasteiger partial charge in [0.15, 0.2) is 0 Å². The first-order chi connectivity index (χ1) is 9.70. The summed E-state index contributed by atoms with van der Waals surface area (Å²) in [6.45, 7) is 4.66. The summed E-state index contributed by atoms with van der Waals surface area (Å²) in [5.41, 5.74) is 1.57. The number of carbonyl (C=O) groups is 2. The van der Waals surface area contributed by atoms with E-state index in [1.165, 1.54) is 0 Å². The molecule has 1 aliphatic rings. The molecule has 108 valence electrons. The van der Waals surface area contributed by atoms with Gasteiger partial charge >= 0.3 is 0 Å². The average molecular weight is 275 g/mol. The van der Waals surface area contributed by atoms with E-state index in [-0.39, 0.29) is 17.7 Å². The van der Waals surface area contributed by atoms with Gasteiger partial charge in [-0.3, -0.25) is 9.59 Å². The highest BCUT2D eigenvalue weighted by Gasteiger charge is 2.24. The van der Waals surface area contributed by atoms with Gasteiger partial charge in [0.2, 0.25) is 5.91 Å². The molecule has 1 aliphatic heterocycles. The maximum atomic E-state index is 11.9. The molecule has 1 fully saturated rings. The number of benzene rings is 1. The molecule has 0 aromatic heterocycles. The Kier molecular flexibility index (Phi) is 5.12. The largest absolute Gasteiger partial charge is 0.352 e. The summed E-state index contributed by atoms with van der Waals surface area (Å²) >= 11 is 0. The molecule has 2 amide bonds. The summed E-state index contributed by atoms with van der Waals surface area (Å²) in [7, 11) is 0. The van der Waals surface area contributed by atoms with Crippen LogP contribution in [0.5, 0.6) is 0 Å². The fraction of sp³-hybridized carbons (Fsp3) is 0.467. The molecule has 3 N–H and O–H groups in total. The molecule has 1 heterocycles. The lowest BCUT2D eigenvalue weighted by atomic mass is 10.0. The van der Waals surface area contributed by atoms with Gasteiger partial charge < -0.3 is 16.0 Å². The Balaban J connectivity index is 1.88. The predicted molar refractivity (Wildman–Crippen MR) is 77.3 cm³/mol. The number of hydrogen-bond acceptors (Lipinski definition) is 3. The van der Waals surface area contributed by atoms with E-state index in [4.69, 9.17) is 0 Å². The third-order valence-electron chi connectivity index (χ3n) is 3.34. The molecule has 0 atom stereocenters. The minimum absolute atomic E-state index is 0.0665. The second-order valence-electron chi connectivity index (χ2n) is 5.03. The third kappa shape index (κ3) is 3.81. The van der Waals surface area contributed by atoms with E-state index in [2.05, 4.69) is 16.0 Å². The van der Waals surface area contributed by atoms with Gasteiger partial charge in [0, 0.05) is 31.7 Å². The van der Waals surface area contributed by atoms with E-state index >= 15 is 0 Å². The molecule has 5 nitrogen and oxygen atoms in total. The van der Waals surface area contributed by atoms with Crippen molar-refractivity contribution in [3.05, 3.63) is 35.4 Å². The molecule has 2 rings (SSSR count). The summed E-state index contributed by atoms with van der Waals surface area (Å²) < 4.78 is 0. The van der Waals surface area contributed by atoms with Crippen LogP contribution in [0, 0.1) is 5.92 Å². The van der Waals surface area contributed by atoms with Gasteiger partial charge in [0.1, 0.15) is 0 Å². The van der Waals surface area contributed by atoms with Gasteiger partial charge in [0.25, 0.3) is 5.91 Å². The van der Waals surface area contributed by atoms with Crippen molar-refractivity contribution in [2.75, 3.05) is 19.6 Å². The zero-order chi connectivity index (χ0) is 14.4. The van der Waals surface area contributed by atoms with Crippen LogP contribution < -0.4 is 16.0 Å². The topological polar surface area (TPSA) is 70.2 Å². The number of carbonyl (C=O) groups excluding carboxylic acids is 2. The second-order valence-corrected chi connectivity index (χ2v) is 5.03. The monoisotopic (exact) mass is 275 g/mol. The summed E-state index contributed by atoms with van der Waals surface area (Å²) in [5, 5.41) is 8.81. The predicted octanol–water partition coefficient (Wildman–Crippen LogP) is 0.662. The van der Waals surface area contributed by atoms with E-state index in [1.807, 2.05) is 25.1 Å². The summed E-state index contributed by atoms with van der Waals surface area (Å²) in [5.74, 6) is 0.0962. The fourth-order valence-corrected chi connectivity index (χ4v) is 1.97. The number of hydrogen-bond donors (Lipinski definition) is 3. The van der Waals surface area contributed by atoms with Crippen LogP contribution in [0.15, 0.2) is 24.3 Å². The third-order valence-corrected chi connectivity index (χ3v) is 3.34. The van der Waals surface area contributed by atoms with Gasteiger partial charge in [0.05, 0.1) is 5.92 Å². The molecule has 0 radical (unpaired) electrons. The molecule has 0 unspecified atom stereocenters. The first kappa shape index (κ1) is 14.5. The van der Waals surface area contributed by atoms with Crippen LogP contribution in [0.25, 0.3) is 0 Å². The van der Waals surface area contributed by atoms with E-state index in [0.29, 0.717) is 18.7 Å². The summed E-state index contributed by atoms with van der Waals surface area (Å²) in [4.78, 5) is 23.6. The van der Waals surface area contributed by atoms with Crippen molar-refractivity contribution < 1.29 is 9.59 Å². The van der Waals surface area contributed by atoms with Crippen LogP contribution in [-0.2, 0) is 11.3 Å². The number of amides is 2. The Morgan fingerprint density at radius 1 is 1.30 bits per heavy atom. The van der Waals surface area contributed by atoms with Gasteiger partial charge in [-0.25, -0.2) is 0 Å². The van der Waals surface area contributed by atoms with Gasteiger partial charge in [-0.15, -0.1) is 0 Å². The Bertz CT molecular complexity index is 484. The molecule has 1 aromatic rings. The zero-order valence-electron chi connectivity index (χ0n) is 11.7. The molecule has 1 aromatic carbocycles. The molecular formula is C15H21N3O2. The second kappa shape index (κ2) is 7.05. The van der Waals surface area contributed by atoms with Crippen molar-refractivity contribution in [3.8, 4) is 0 Å². The van der Waals surface area contributed by atoms with Crippen LogP contribution >= 0.6 is 0 Å². The normalized spacial score (nSPS) is 14.4. The molecule has 0 aliphatic carbocycles. The minimum atomic E-state index is -0.0665. The quantitative estimate of drug-likeness (QED) is 0.714. The van der Waals surface area contributed by atoms with Crippen molar-refractivity contribution in [3.63, 3.8) is 0 Å². The maximum absolute atomic E-state index is 11.9. The van der Waals surface area contributed by atoms with Gasteiger partial charge in [-0.05, 0) is 24.1 Å². The first-order valence-electron chi connectivity index (χ1n) is 7.06. The van der Waals surface area contributed by atoms with Crippen molar-refractivity contribution in [1.29, 1.82) is 0 Å². The minimum Gasteiger partial charge on any atom is -0.352 e. The number of nitrogens with one attached hydrogen (secondary N) is 3.